The first-order chi connectivity index (χ1) is 11.3. The minimum Gasteiger partial charge on any atom is -0.376 e. The van der Waals surface area contributed by atoms with Gasteiger partial charge in [-0.3, -0.25) is 9.69 Å². The van der Waals surface area contributed by atoms with Crippen LogP contribution in [0.1, 0.15) is 19.3 Å². The summed E-state index contributed by atoms with van der Waals surface area (Å²) in [7, 11) is 0. The third kappa shape index (κ3) is 3.12. The van der Waals surface area contributed by atoms with Gasteiger partial charge in [-0.15, -0.1) is 0 Å². The van der Waals surface area contributed by atoms with Gasteiger partial charge in [0, 0.05) is 18.7 Å². The second kappa shape index (κ2) is 6.79. The summed E-state index contributed by atoms with van der Waals surface area (Å²) in [4.78, 5) is 19.1. The van der Waals surface area contributed by atoms with Gasteiger partial charge in [-0.1, -0.05) is 17.8 Å². The van der Waals surface area contributed by atoms with Crippen LogP contribution in [0, 0.1) is 5.92 Å². The van der Waals surface area contributed by atoms with E-state index < -0.39 is 0 Å². The van der Waals surface area contributed by atoms with E-state index in [-0.39, 0.29) is 11.9 Å². The molecule has 0 spiro atoms. The number of thioether (sulfide) groups is 1. The van der Waals surface area contributed by atoms with E-state index in [1.54, 1.807) is 6.20 Å². The van der Waals surface area contributed by atoms with Crippen LogP contribution in [0.2, 0.25) is 0 Å². The fourth-order valence-corrected chi connectivity index (χ4v) is 4.82. The minimum absolute atomic E-state index is 0.111. The summed E-state index contributed by atoms with van der Waals surface area (Å²) < 4.78 is 5.91. The predicted octanol–water partition coefficient (Wildman–Crippen LogP) is 1.54. The Morgan fingerprint density at radius 1 is 1.39 bits per heavy atom. The van der Waals surface area contributed by atoms with E-state index in [4.69, 9.17) is 4.74 Å². The molecule has 1 aromatic rings. The number of nitrogens with zero attached hydrogens (tertiary/aromatic N) is 2. The number of pyridine rings is 1. The molecule has 1 amide bonds. The average Bonchev–Trinajstić information content (AvgIpc) is 3.23. The molecule has 1 saturated carbocycles. The number of ether oxygens (including phenoxy) is 1. The molecule has 1 aliphatic carbocycles. The van der Waals surface area contributed by atoms with Crippen LogP contribution < -0.4 is 5.32 Å². The van der Waals surface area contributed by atoms with Gasteiger partial charge in [0.1, 0.15) is 0 Å². The lowest BCUT2D eigenvalue weighted by Gasteiger charge is -2.51. The molecule has 0 unspecified atom stereocenters. The summed E-state index contributed by atoms with van der Waals surface area (Å²) in [6.07, 6.45) is 5.71. The van der Waals surface area contributed by atoms with Crippen LogP contribution in [-0.2, 0) is 9.53 Å². The summed E-state index contributed by atoms with van der Waals surface area (Å²) >= 11 is 1.50. The Kier molecular flexibility index (Phi) is 4.55. The van der Waals surface area contributed by atoms with E-state index in [0.717, 1.165) is 31.1 Å². The molecule has 23 heavy (non-hydrogen) atoms. The van der Waals surface area contributed by atoms with Gasteiger partial charge in [0.05, 0.1) is 29.0 Å². The highest BCUT2D eigenvalue weighted by molar-refractivity contribution is 7.99. The highest BCUT2D eigenvalue weighted by atomic mass is 32.2. The van der Waals surface area contributed by atoms with E-state index in [1.807, 2.05) is 18.2 Å². The van der Waals surface area contributed by atoms with Crippen LogP contribution in [0.4, 0.5) is 0 Å². The number of rotatable bonds is 5. The zero-order valence-electron chi connectivity index (χ0n) is 13.2. The van der Waals surface area contributed by atoms with Crippen molar-refractivity contribution in [3.8, 4) is 0 Å². The highest BCUT2D eigenvalue weighted by Gasteiger charge is 2.56. The number of amides is 1. The van der Waals surface area contributed by atoms with Gasteiger partial charge in [-0.25, -0.2) is 4.98 Å². The summed E-state index contributed by atoms with van der Waals surface area (Å²) in [6.45, 7) is 3.13. The van der Waals surface area contributed by atoms with Crippen molar-refractivity contribution in [1.29, 1.82) is 0 Å². The quantitative estimate of drug-likeness (QED) is 0.829. The molecule has 0 radical (unpaired) electrons. The van der Waals surface area contributed by atoms with Gasteiger partial charge in [-0.05, 0) is 44.5 Å². The van der Waals surface area contributed by atoms with Crippen LogP contribution in [0.3, 0.4) is 0 Å². The Labute approximate surface area is 141 Å². The Hall–Kier alpha value is -1.11. The molecule has 4 atom stereocenters. The van der Waals surface area contributed by atoms with Gasteiger partial charge < -0.3 is 10.1 Å². The number of carbonyl (C=O) groups is 1. The van der Waals surface area contributed by atoms with Crippen molar-refractivity contribution in [2.45, 2.75) is 42.5 Å². The van der Waals surface area contributed by atoms with Crippen molar-refractivity contribution in [1.82, 2.24) is 15.2 Å². The Bertz CT molecular complexity index is 545. The van der Waals surface area contributed by atoms with Gasteiger partial charge in [-0.2, -0.15) is 0 Å². The molecule has 5 nitrogen and oxygen atoms in total. The molecule has 4 rings (SSSR count). The van der Waals surface area contributed by atoms with Gasteiger partial charge in [0.15, 0.2) is 0 Å². The van der Waals surface area contributed by atoms with Crippen molar-refractivity contribution in [3.63, 3.8) is 0 Å². The highest BCUT2D eigenvalue weighted by Crippen LogP contribution is 2.42. The maximum atomic E-state index is 12.3. The zero-order valence-corrected chi connectivity index (χ0v) is 14.0. The molecule has 2 aliphatic heterocycles. The molecule has 0 bridgehead atoms. The zero-order chi connectivity index (χ0) is 15.6. The van der Waals surface area contributed by atoms with Crippen LogP contribution in [0.5, 0.6) is 0 Å². The average molecular weight is 333 g/mol. The predicted molar refractivity (Wildman–Crippen MR) is 89.3 cm³/mol. The summed E-state index contributed by atoms with van der Waals surface area (Å²) in [5.41, 5.74) is 0. The fourth-order valence-electron chi connectivity index (χ4n) is 4.14. The molecule has 1 N–H and O–H groups in total. The number of aromatic nitrogens is 1. The molecule has 2 saturated heterocycles. The summed E-state index contributed by atoms with van der Waals surface area (Å²) in [6, 6.07) is 6.42. The van der Waals surface area contributed by atoms with E-state index >= 15 is 0 Å². The Balaban J connectivity index is 1.34. The van der Waals surface area contributed by atoms with Gasteiger partial charge in [0.25, 0.3) is 0 Å². The van der Waals surface area contributed by atoms with Crippen molar-refractivity contribution >= 4 is 17.7 Å². The second-order valence-corrected chi connectivity index (χ2v) is 7.57. The Morgan fingerprint density at radius 3 is 3.04 bits per heavy atom. The first-order valence-corrected chi connectivity index (χ1v) is 9.50. The van der Waals surface area contributed by atoms with Crippen molar-refractivity contribution in [2.75, 3.05) is 25.4 Å². The van der Waals surface area contributed by atoms with E-state index in [2.05, 4.69) is 15.2 Å². The number of hydrogen-bond acceptors (Lipinski definition) is 5. The SMILES string of the molecule is O=C(CSc1ccccn1)N[C@H]1[C@H]2CCO[C@H]2[C@@H]1N1CCCC1. The molecule has 124 valence electrons. The topological polar surface area (TPSA) is 54.5 Å². The third-order valence-corrected chi connectivity index (χ3v) is 6.17. The molecular weight excluding hydrogens is 310 g/mol. The third-order valence-electron chi connectivity index (χ3n) is 5.23. The van der Waals surface area contributed by atoms with Crippen LogP contribution in [0.25, 0.3) is 0 Å². The molecule has 3 heterocycles. The van der Waals surface area contributed by atoms with Crippen molar-refractivity contribution < 1.29 is 9.53 Å². The maximum Gasteiger partial charge on any atom is 0.230 e. The molecule has 1 aromatic heterocycles. The molecule has 3 fully saturated rings. The van der Waals surface area contributed by atoms with Crippen LogP contribution >= 0.6 is 11.8 Å². The Morgan fingerprint density at radius 2 is 2.26 bits per heavy atom. The molecular formula is C17H23N3O2S. The van der Waals surface area contributed by atoms with Crippen LogP contribution in [-0.4, -0.2) is 59.4 Å². The van der Waals surface area contributed by atoms with Crippen LogP contribution in [0.15, 0.2) is 29.4 Å². The van der Waals surface area contributed by atoms with Gasteiger partial charge in [0.2, 0.25) is 5.91 Å². The number of nitrogens with one attached hydrogen (secondary N) is 1. The summed E-state index contributed by atoms with van der Waals surface area (Å²) in [5.74, 6) is 1.04. The molecule has 6 heteroatoms. The minimum atomic E-state index is 0.111. The summed E-state index contributed by atoms with van der Waals surface area (Å²) in [5, 5.41) is 4.17. The lowest BCUT2D eigenvalue weighted by Crippen LogP contribution is -2.70. The molecule has 0 aromatic carbocycles. The van der Waals surface area contributed by atoms with Crippen molar-refractivity contribution in [3.05, 3.63) is 24.4 Å². The van der Waals surface area contributed by atoms with Gasteiger partial charge >= 0.3 is 0 Å². The largest absolute Gasteiger partial charge is 0.376 e. The molecule has 3 aliphatic rings. The first kappa shape index (κ1) is 15.4. The maximum absolute atomic E-state index is 12.3. The lowest BCUT2D eigenvalue weighted by molar-refractivity contribution is -0.126. The van der Waals surface area contributed by atoms with Crippen molar-refractivity contribution in [2.24, 2.45) is 5.92 Å². The normalized spacial score (nSPS) is 33.2. The van der Waals surface area contributed by atoms with E-state index in [1.165, 1.54) is 24.6 Å². The fraction of sp³-hybridized carbons (Fsp3) is 0.647. The number of hydrogen-bond donors (Lipinski definition) is 1. The lowest BCUT2D eigenvalue weighted by atomic mass is 9.70. The standard InChI is InChI=1S/C17H23N3O2S/c21-13(11-23-14-5-1-2-7-18-14)19-15-12-6-10-22-17(12)16(15)20-8-3-4-9-20/h1-2,5,7,12,15-17H,3-4,6,8-11H2,(H,19,21)/t12-,15+,16-,17-/m1/s1. The van der Waals surface area contributed by atoms with E-state index in [0.29, 0.717) is 23.8 Å². The smallest absolute Gasteiger partial charge is 0.230 e. The monoisotopic (exact) mass is 333 g/mol. The first-order valence-electron chi connectivity index (χ1n) is 8.52. The number of fused-ring (bicyclic) bond motifs is 1. The number of carbonyl (C=O) groups excluding carboxylic acids is 1. The van der Waals surface area contributed by atoms with E-state index in [9.17, 15) is 4.79 Å². The number of likely N-dealkylation sites (tertiary alicyclic amines) is 1. The second-order valence-electron chi connectivity index (χ2n) is 6.57.